The quantitative estimate of drug-likeness (QED) is 0.888. The number of hydrogen-bond donors (Lipinski definition) is 2. The molecule has 22 heavy (non-hydrogen) atoms. The van der Waals surface area contributed by atoms with Crippen LogP contribution in [0.4, 0.5) is 10.5 Å². The first-order valence-electron chi connectivity index (χ1n) is 7.26. The molecule has 0 saturated carbocycles. The Kier molecular flexibility index (Phi) is 3.70. The predicted molar refractivity (Wildman–Crippen MR) is 80.9 cm³/mol. The van der Waals surface area contributed by atoms with Crippen LogP contribution >= 0.6 is 0 Å². The lowest BCUT2D eigenvalue weighted by molar-refractivity contribution is -0.143. The zero-order valence-electron chi connectivity index (χ0n) is 12.3. The Morgan fingerprint density at radius 3 is 2.77 bits per heavy atom. The minimum Gasteiger partial charge on any atom is -0.481 e. The van der Waals surface area contributed by atoms with Gasteiger partial charge in [0.2, 0.25) is 0 Å². The van der Waals surface area contributed by atoms with Gasteiger partial charge in [-0.05, 0) is 31.4 Å². The van der Waals surface area contributed by atoms with Crippen molar-refractivity contribution in [2.75, 3.05) is 18.4 Å². The molecule has 2 N–H and O–H groups in total. The van der Waals surface area contributed by atoms with E-state index >= 15 is 0 Å². The van der Waals surface area contributed by atoms with Gasteiger partial charge in [-0.3, -0.25) is 4.79 Å². The van der Waals surface area contributed by atoms with Gasteiger partial charge in [0.1, 0.15) is 5.65 Å². The molecule has 1 saturated heterocycles. The van der Waals surface area contributed by atoms with Crippen LogP contribution < -0.4 is 5.32 Å². The molecule has 116 valence electrons. The number of pyridine rings is 1. The summed E-state index contributed by atoms with van der Waals surface area (Å²) in [5.74, 6) is -1.12. The number of aromatic nitrogens is 2. The number of likely N-dealkylation sites (tertiary alicyclic amines) is 1. The molecule has 1 aliphatic heterocycles. The Labute approximate surface area is 127 Å². The fraction of sp³-hybridized carbons (Fsp3) is 0.400. The molecule has 0 aromatic carbocycles. The van der Waals surface area contributed by atoms with Gasteiger partial charge < -0.3 is 19.7 Å². The van der Waals surface area contributed by atoms with Gasteiger partial charge in [0.25, 0.3) is 0 Å². The average molecular weight is 302 g/mol. The van der Waals surface area contributed by atoms with E-state index in [-0.39, 0.29) is 11.9 Å². The lowest BCUT2D eigenvalue weighted by atomic mass is 9.97. The summed E-state index contributed by atoms with van der Waals surface area (Å²) < 4.78 is 1.86. The van der Waals surface area contributed by atoms with E-state index < -0.39 is 5.97 Å². The lowest BCUT2D eigenvalue weighted by Gasteiger charge is -2.30. The first-order valence-corrected chi connectivity index (χ1v) is 7.26. The number of hydrogen-bond acceptors (Lipinski definition) is 3. The number of rotatable bonds is 2. The molecule has 7 heteroatoms. The largest absolute Gasteiger partial charge is 0.481 e. The van der Waals surface area contributed by atoms with Crippen LogP contribution in [0.15, 0.2) is 24.7 Å². The number of carbonyl (C=O) groups excluding carboxylic acids is 1. The molecular weight excluding hydrogens is 284 g/mol. The first kappa shape index (κ1) is 14.4. The third kappa shape index (κ3) is 2.74. The number of fused-ring (bicyclic) bond motifs is 1. The second-order valence-electron chi connectivity index (χ2n) is 5.60. The molecule has 2 aromatic heterocycles. The molecule has 2 amide bonds. The molecule has 3 heterocycles. The smallest absolute Gasteiger partial charge is 0.321 e. The number of nitrogens with zero attached hydrogens (tertiary/aromatic N) is 3. The van der Waals surface area contributed by atoms with Crippen molar-refractivity contribution in [3.8, 4) is 0 Å². The van der Waals surface area contributed by atoms with Gasteiger partial charge in [0, 0.05) is 31.7 Å². The fourth-order valence-electron chi connectivity index (χ4n) is 2.81. The van der Waals surface area contributed by atoms with Crippen molar-refractivity contribution in [2.24, 2.45) is 5.92 Å². The number of aliphatic carboxylic acids is 1. The number of carbonyl (C=O) groups is 2. The van der Waals surface area contributed by atoms with Gasteiger partial charge in [-0.15, -0.1) is 0 Å². The third-order valence-corrected chi connectivity index (χ3v) is 4.05. The van der Waals surface area contributed by atoms with Crippen molar-refractivity contribution in [2.45, 2.75) is 19.8 Å². The number of imidazole rings is 1. The molecule has 0 atom stereocenters. The summed E-state index contributed by atoms with van der Waals surface area (Å²) in [7, 11) is 0. The molecule has 3 rings (SSSR count). The number of piperidine rings is 1. The van der Waals surface area contributed by atoms with Crippen LogP contribution in [0.25, 0.3) is 5.65 Å². The highest BCUT2D eigenvalue weighted by Crippen LogP contribution is 2.19. The van der Waals surface area contributed by atoms with Crippen LogP contribution in [-0.4, -0.2) is 44.5 Å². The first-order chi connectivity index (χ1) is 10.5. The zero-order chi connectivity index (χ0) is 15.7. The maximum absolute atomic E-state index is 12.3. The van der Waals surface area contributed by atoms with Crippen LogP contribution in [0.5, 0.6) is 0 Å². The summed E-state index contributed by atoms with van der Waals surface area (Å²) >= 11 is 0. The van der Waals surface area contributed by atoms with Gasteiger partial charge in [0.15, 0.2) is 0 Å². The molecule has 0 unspecified atom stereocenters. The molecule has 0 spiro atoms. The molecule has 1 fully saturated rings. The number of anilines is 1. The van der Waals surface area contributed by atoms with Gasteiger partial charge in [-0.1, -0.05) is 0 Å². The molecule has 1 aliphatic rings. The fourth-order valence-corrected chi connectivity index (χ4v) is 2.81. The van der Waals surface area contributed by atoms with Gasteiger partial charge in [0.05, 0.1) is 11.6 Å². The summed E-state index contributed by atoms with van der Waals surface area (Å²) in [4.78, 5) is 29.1. The molecule has 0 aliphatic carbocycles. The van der Waals surface area contributed by atoms with E-state index in [0.717, 1.165) is 11.2 Å². The normalized spacial score (nSPS) is 16.0. The summed E-state index contributed by atoms with van der Waals surface area (Å²) in [6.07, 6.45) is 6.36. The maximum atomic E-state index is 12.3. The van der Waals surface area contributed by atoms with Crippen LogP contribution in [0.1, 0.15) is 18.4 Å². The van der Waals surface area contributed by atoms with Gasteiger partial charge in [-0.25, -0.2) is 9.78 Å². The van der Waals surface area contributed by atoms with E-state index in [4.69, 9.17) is 5.11 Å². The van der Waals surface area contributed by atoms with Crippen molar-refractivity contribution in [1.29, 1.82) is 0 Å². The molecular formula is C15H18N4O3. The highest BCUT2D eigenvalue weighted by Gasteiger charge is 2.27. The van der Waals surface area contributed by atoms with Crippen LogP contribution in [0.3, 0.4) is 0 Å². The minimum absolute atomic E-state index is 0.192. The number of carboxylic acid groups (broad SMARTS) is 1. The van der Waals surface area contributed by atoms with Crippen molar-refractivity contribution in [3.63, 3.8) is 0 Å². The van der Waals surface area contributed by atoms with Gasteiger partial charge >= 0.3 is 12.0 Å². The number of amides is 2. The Morgan fingerprint density at radius 1 is 1.36 bits per heavy atom. The zero-order valence-corrected chi connectivity index (χ0v) is 12.3. The lowest BCUT2D eigenvalue weighted by Crippen LogP contribution is -2.42. The maximum Gasteiger partial charge on any atom is 0.321 e. The van der Waals surface area contributed by atoms with Crippen LogP contribution in [0, 0.1) is 12.8 Å². The topological polar surface area (TPSA) is 86.9 Å². The predicted octanol–water partition coefficient (Wildman–Crippen LogP) is 1.97. The van der Waals surface area contributed by atoms with E-state index in [0.29, 0.717) is 31.6 Å². The summed E-state index contributed by atoms with van der Waals surface area (Å²) in [5, 5.41) is 11.9. The van der Waals surface area contributed by atoms with E-state index in [1.54, 1.807) is 11.1 Å². The minimum atomic E-state index is -0.777. The Morgan fingerprint density at radius 2 is 2.09 bits per heavy atom. The van der Waals surface area contributed by atoms with Crippen molar-refractivity contribution < 1.29 is 14.7 Å². The SMILES string of the molecule is Cc1cc(NC(=O)N2CCC(C(=O)O)CC2)cn2ccnc12. The van der Waals surface area contributed by atoms with E-state index in [2.05, 4.69) is 10.3 Å². The number of nitrogens with one attached hydrogen (secondary N) is 1. The Bertz CT molecular complexity index is 717. The van der Waals surface area contributed by atoms with E-state index in [1.165, 1.54) is 0 Å². The Balaban J connectivity index is 1.67. The number of urea groups is 1. The second kappa shape index (κ2) is 5.67. The third-order valence-electron chi connectivity index (χ3n) is 4.05. The molecule has 2 aromatic rings. The van der Waals surface area contributed by atoms with Gasteiger partial charge in [-0.2, -0.15) is 0 Å². The number of carboxylic acids is 1. The van der Waals surface area contributed by atoms with E-state index in [9.17, 15) is 9.59 Å². The number of aryl methyl sites for hydroxylation is 1. The second-order valence-corrected chi connectivity index (χ2v) is 5.60. The monoisotopic (exact) mass is 302 g/mol. The van der Waals surface area contributed by atoms with E-state index in [1.807, 2.05) is 29.8 Å². The van der Waals surface area contributed by atoms with Crippen LogP contribution in [0.2, 0.25) is 0 Å². The molecule has 0 radical (unpaired) electrons. The van der Waals surface area contributed by atoms with Crippen molar-refractivity contribution in [3.05, 3.63) is 30.2 Å². The van der Waals surface area contributed by atoms with Crippen LogP contribution in [-0.2, 0) is 4.79 Å². The summed E-state index contributed by atoms with van der Waals surface area (Å²) in [6.45, 7) is 2.88. The summed E-state index contributed by atoms with van der Waals surface area (Å²) in [5.41, 5.74) is 2.54. The standard InChI is InChI=1S/C15H18N4O3/c1-10-8-12(9-19-7-4-16-13(10)19)17-15(22)18-5-2-11(3-6-18)14(20)21/h4,7-9,11H,2-3,5-6H2,1H3,(H,17,22)(H,20,21). The highest BCUT2D eigenvalue weighted by atomic mass is 16.4. The Hall–Kier alpha value is -2.57. The molecule has 7 nitrogen and oxygen atoms in total. The molecule has 0 bridgehead atoms. The highest BCUT2D eigenvalue weighted by molar-refractivity contribution is 5.89. The van der Waals surface area contributed by atoms with Crippen molar-refractivity contribution in [1.82, 2.24) is 14.3 Å². The average Bonchev–Trinajstić information content (AvgIpc) is 2.96. The van der Waals surface area contributed by atoms with Crippen molar-refractivity contribution >= 4 is 23.3 Å². The summed E-state index contributed by atoms with van der Waals surface area (Å²) in [6, 6.07) is 1.69.